The van der Waals surface area contributed by atoms with E-state index in [9.17, 15) is 4.79 Å². The fraction of sp³-hybridized carbons (Fsp3) is 0.160. The molecule has 0 aliphatic rings. The Morgan fingerprint density at radius 1 is 0.800 bits per heavy atom. The van der Waals surface area contributed by atoms with E-state index in [0.29, 0.717) is 24.5 Å². The smallest absolute Gasteiger partial charge is 0.248 e. The van der Waals surface area contributed by atoms with Gasteiger partial charge in [-0.3, -0.25) is 4.79 Å². The standard InChI is InChI=1S/C25H23NO4/c1-28-20-10-7-17(8-11-20)16-30-23-12-9-18(14-24(23)29-2)13-19-15-25(27)26-22-6-4-3-5-21(19)22/h3-12,14-15H,13,16H2,1-2H3,(H,26,27). The quantitative estimate of drug-likeness (QED) is 0.487. The molecule has 1 aromatic heterocycles. The monoisotopic (exact) mass is 401 g/mol. The second-order valence-corrected chi connectivity index (χ2v) is 7.00. The van der Waals surface area contributed by atoms with Crippen LogP contribution in [0.25, 0.3) is 10.9 Å². The van der Waals surface area contributed by atoms with E-state index in [1.807, 2.05) is 66.7 Å². The molecular formula is C25H23NO4. The number of benzene rings is 3. The normalized spacial score (nSPS) is 10.7. The van der Waals surface area contributed by atoms with Crippen molar-refractivity contribution in [3.63, 3.8) is 0 Å². The number of nitrogens with one attached hydrogen (secondary N) is 1. The predicted octanol–water partition coefficient (Wildman–Crippen LogP) is 4.72. The number of pyridine rings is 1. The second-order valence-electron chi connectivity index (χ2n) is 7.00. The molecule has 152 valence electrons. The summed E-state index contributed by atoms with van der Waals surface area (Å²) in [6.45, 7) is 0.429. The van der Waals surface area contributed by atoms with Crippen molar-refractivity contribution in [2.45, 2.75) is 13.0 Å². The highest BCUT2D eigenvalue weighted by Crippen LogP contribution is 2.30. The van der Waals surface area contributed by atoms with Crippen molar-refractivity contribution < 1.29 is 14.2 Å². The van der Waals surface area contributed by atoms with Crippen LogP contribution < -0.4 is 19.8 Å². The lowest BCUT2D eigenvalue weighted by Crippen LogP contribution is -2.07. The van der Waals surface area contributed by atoms with Crippen molar-refractivity contribution in [3.05, 3.63) is 99.8 Å². The number of aromatic nitrogens is 1. The van der Waals surface area contributed by atoms with E-state index in [1.165, 1.54) is 0 Å². The highest BCUT2D eigenvalue weighted by Gasteiger charge is 2.09. The highest BCUT2D eigenvalue weighted by atomic mass is 16.5. The largest absolute Gasteiger partial charge is 0.497 e. The van der Waals surface area contributed by atoms with Gasteiger partial charge in [-0.05, 0) is 53.4 Å². The minimum Gasteiger partial charge on any atom is -0.497 e. The van der Waals surface area contributed by atoms with Crippen LogP contribution in [0.3, 0.4) is 0 Å². The summed E-state index contributed by atoms with van der Waals surface area (Å²) in [5, 5.41) is 1.04. The molecule has 0 saturated heterocycles. The molecule has 1 heterocycles. The first-order valence-corrected chi connectivity index (χ1v) is 9.70. The zero-order valence-electron chi connectivity index (χ0n) is 17.0. The van der Waals surface area contributed by atoms with Gasteiger partial charge in [-0.1, -0.05) is 36.4 Å². The van der Waals surface area contributed by atoms with Gasteiger partial charge in [-0.15, -0.1) is 0 Å². The summed E-state index contributed by atoms with van der Waals surface area (Å²) in [5.74, 6) is 2.15. The summed E-state index contributed by atoms with van der Waals surface area (Å²) in [5.41, 5.74) is 3.79. The van der Waals surface area contributed by atoms with E-state index in [4.69, 9.17) is 14.2 Å². The van der Waals surface area contributed by atoms with Gasteiger partial charge < -0.3 is 19.2 Å². The number of H-pyrrole nitrogens is 1. The maximum Gasteiger partial charge on any atom is 0.248 e. The van der Waals surface area contributed by atoms with Gasteiger partial charge in [0.1, 0.15) is 12.4 Å². The number of para-hydroxylation sites is 1. The van der Waals surface area contributed by atoms with Crippen LogP contribution >= 0.6 is 0 Å². The first kappa shape index (κ1) is 19.6. The van der Waals surface area contributed by atoms with Gasteiger partial charge in [0.15, 0.2) is 11.5 Å². The van der Waals surface area contributed by atoms with E-state index in [-0.39, 0.29) is 5.56 Å². The Hall–Kier alpha value is -3.73. The molecule has 0 bridgehead atoms. The molecule has 0 spiro atoms. The zero-order valence-corrected chi connectivity index (χ0v) is 17.0. The molecule has 4 rings (SSSR count). The molecule has 0 fully saturated rings. The van der Waals surface area contributed by atoms with Crippen LogP contribution in [0, 0.1) is 0 Å². The molecular weight excluding hydrogens is 378 g/mol. The average molecular weight is 401 g/mol. The maximum absolute atomic E-state index is 12.0. The van der Waals surface area contributed by atoms with Crippen LogP contribution in [0.2, 0.25) is 0 Å². The molecule has 0 aliphatic heterocycles. The number of methoxy groups -OCH3 is 2. The van der Waals surface area contributed by atoms with E-state index in [0.717, 1.165) is 33.3 Å². The SMILES string of the molecule is COc1ccc(COc2ccc(Cc3cc(=O)[nH]c4ccccc34)cc2OC)cc1. The zero-order chi connectivity index (χ0) is 20.9. The van der Waals surface area contributed by atoms with Crippen molar-refractivity contribution in [3.8, 4) is 17.2 Å². The molecule has 0 atom stereocenters. The third-order valence-electron chi connectivity index (χ3n) is 5.01. The van der Waals surface area contributed by atoms with E-state index in [2.05, 4.69) is 4.98 Å². The number of rotatable bonds is 7. The number of fused-ring (bicyclic) bond motifs is 1. The molecule has 0 amide bonds. The second kappa shape index (κ2) is 8.74. The molecule has 3 aromatic carbocycles. The van der Waals surface area contributed by atoms with Gasteiger partial charge in [0.25, 0.3) is 0 Å². The predicted molar refractivity (Wildman–Crippen MR) is 118 cm³/mol. The van der Waals surface area contributed by atoms with Gasteiger partial charge in [0, 0.05) is 17.0 Å². The molecule has 4 aromatic rings. The Morgan fingerprint density at radius 2 is 1.57 bits per heavy atom. The molecule has 0 aliphatic carbocycles. The van der Waals surface area contributed by atoms with Gasteiger partial charge in [0.05, 0.1) is 14.2 Å². The van der Waals surface area contributed by atoms with Crippen LogP contribution in [-0.2, 0) is 13.0 Å². The van der Waals surface area contributed by atoms with Crippen molar-refractivity contribution >= 4 is 10.9 Å². The minimum absolute atomic E-state index is 0.102. The average Bonchev–Trinajstić information content (AvgIpc) is 2.78. The highest BCUT2D eigenvalue weighted by molar-refractivity contribution is 5.82. The van der Waals surface area contributed by atoms with Gasteiger partial charge in [0.2, 0.25) is 5.56 Å². The summed E-state index contributed by atoms with van der Waals surface area (Å²) >= 11 is 0. The summed E-state index contributed by atoms with van der Waals surface area (Å²) in [6.07, 6.45) is 0.625. The Labute approximate surface area is 174 Å². The third-order valence-corrected chi connectivity index (χ3v) is 5.01. The maximum atomic E-state index is 12.0. The Bertz CT molecular complexity index is 1210. The summed E-state index contributed by atoms with van der Waals surface area (Å²) in [4.78, 5) is 14.9. The number of aromatic amines is 1. The Balaban J connectivity index is 1.54. The van der Waals surface area contributed by atoms with Crippen molar-refractivity contribution in [1.29, 1.82) is 0 Å². The summed E-state index contributed by atoms with van der Waals surface area (Å²) in [6, 6.07) is 23.1. The number of hydrogen-bond acceptors (Lipinski definition) is 4. The van der Waals surface area contributed by atoms with Crippen LogP contribution in [0.15, 0.2) is 77.6 Å². The van der Waals surface area contributed by atoms with Crippen LogP contribution in [0.4, 0.5) is 0 Å². The molecule has 5 nitrogen and oxygen atoms in total. The molecule has 0 radical (unpaired) electrons. The number of hydrogen-bond donors (Lipinski definition) is 1. The van der Waals surface area contributed by atoms with Gasteiger partial charge in [-0.25, -0.2) is 0 Å². The van der Waals surface area contributed by atoms with Crippen LogP contribution in [-0.4, -0.2) is 19.2 Å². The van der Waals surface area contributed by atoms with Crippen molar-refractivity contribution in [2.75, 3.05) is 14.2 Å². The lowest BCUT2D eigenvalue weighted by Gasteiger charge is -2.13. The minimum atomic E-state index is -0.102. The van der Waals surface area contributed by atoms with E-state index >= 15 is 0 Å². The molecule has 30 heavy (non-hydrogen) atoms. The lowest BCUT2D eigenvalue weighted by molar-refractivity contribution is 0.284. The third kappa shape index (κ3) is 4.30. The molecule has 1 N–H and O–H groups in total. The van der Waals surface area contributed by atoms with Crippen molar-refractivity contribution in [2.24, 2.45) is 0 Å². The Morgan fingerprint density at radius 3 is 2.33 bits per heavy atom. The van der Waals surface area contributed by atoms with Crippen LogP contribution in [0.1, 0.15) is 16.7 Å². The molecule has 5 heteroatoms. The fourth-order valence-corrected chi connectivity index (χ4v) is 3.47. The van der Waals surface area contributed by atoms with Crippen molar-refractivity contribution in [1.82, 2.24) is 4.98 Å². The first-order valence-electron chi connectivity index (χ1n) is 9.70. The lowest BCUT2D eigenvalue weighted by atomic mass is 10.0. The topological polar surface area (TPSA) is 60.5 Å². The van der Waals surface area contributed by atoms with Gasteiger partial charge >= 0.3 is 0 Å². The van der Waals surface area contributed by atoms with E-state index < -0.39 is 0 Å². The molecule has 0 saturated carbocycles. The molecule has 0 unspecified atom stereocenters. The summed E-state index contributed by atoms with van der Waals surface area (Å²) < 4.78 is 16.7. The fourth-order valence-electron chi connectivity index (χ4n) is 3.47. The number of ether oxygens (including phenoxy) is 3. The van der Waals surface area contributed by atoms with Gasteiger partial charge in [-0.2, -0.15) is 0 Å². The first-order chi connectivity index (χ1) is 14.7. The summed E-state index contributed by atoms with van der Waals surface area (Å²) in [7, 11) is 3.27. The van der Waals surface area contributed by atoms with E-state index in [1.54, 1.807) is 20.3 Å². The van der Waals surface area contributed by atoms with Crippen LogP contribution in [0.5, 0.6) is 17.2 Å². The Kier molecular flexibility index (Phi) is 5.70.